The Labute approximate surface area is 136 Å². The van der Waals surface area contributed by atoms with Crippen molar-refractivity contribution in [1.82, 2.24) is 0 Å². The average Bonchev–Trinajstić information content (AvgIpc) is 2.51. The van der Waals surface area contributed by atoms with E-state index in [1.54, 1.807) is 31.2 Å². The van der Waals surface area contributed by atoms with Crippen LogP contribution in [-0.2, 0) is 4.79 Å². The van der Waals surface area contributed by atoms with Crippen LogP contribution in [0.15, 0.2) is 42.5 Å². The van der Waals surface area contributed by atoms with Gasteiger partial charge in [0.15, 0.2) is 11.9 Å². The van der Waals surface area contributed by atoms with Crippen molar-refractivity contribution in [3.63, 3.8) is 0 Å². The third-order valence-corrected chi connectivity index (χ3v) is 3.70. The summed E-state index contributed by atoms with van der Waals surface area (Å²) in [4.78, 5) is 23.6. The fourth-order valence-corrected chi connectivity index (χ4v) is 2.10. The monoisotopic (exact) mass is 311 g/mol. The van der Waals surface area contributed by atoms with Gasteiger partial charge < -0.3 is 10.1 Å². The van der Waals surface area contributed by atoms with Crippen molar-refractivity contribution < 1.29 is 14.3 Å². The Morgan fingerprint density at radius 2 is 1.78 bits per heavy atom. The normalized spacial score (nSPS) is 11.7. The number of rotatable bonds is 5. The molecule has 1 atom stereocenters. The molecule has 0 radical (unpaired) electrons. The van der Waals surface area contributed by atoms with E-state index >= 15 is 0 Å². The highest BCUT2D eigenvalue weighted by Crippen LogP contribution is 2.18. The van der Waals surface area contributed by atoms with E-state index in [0.29, 0.717) is 17.0 Å². The van der Waals surface area contributed by atoms with Crippen LogP contribution in [0.3, 0.4) is 0 Å². The molecule has 2 aromatic rings. The molecule has 1 unspecified atom stereocenters. The number of aryl methyl sites for hydroxylation is 2. The summed E-state index contributed by atoms with van der Waals surface area (Å²) < 4.78 is 5.68. The van der Waals surface area contributed by atoms with Gasteiger partial charge in [-0.2, -0.15) is 0 Å². The van der Waals surface area contributed by atoms with Crippen molar-refractivity contribution in [3.05, 3.63) is 59.2 Å². The van der Waals surface area contributed by atoms with Crippen LogP contribution in [-0.4, -0.2) is 17.8 Å². The minimum absolute atomic E-state index is 0.0412. The number of ether oxygens (including phenoxy) is 1. The molecule has 0 spiro atoms. The van der Waals surface area contributed by atoms with E-state index in [-0.39, 0.29) is 11.7 Å². The SMILES string of the molecule is CC(=O)c1cccc(NC(=O)C(C)Oc2ccc(C)c(C)c2)c1. The molecule has 0 aromatic heterocycles. The Hall–Kier alpha value is -2.62. The number of anilines is 1. The number of nitrogens with one attached hydrogen (secondary N) is 1. The summed E-state index contributed by atoms with van der Waals surface area (Å²) in [5, 5.41) is 2.77. The standard InChI is InChI=1S/C19H21NO3/c1-12-8-9-18(10-13(12)2)23-15(4)19(22)20-17-7-5-6-16(11-17)14(3)21/h5-11,15H,1-4H3,(H,20,22). The lowest BCUT2D eigenvalue weighted by atomic mass is 10.1. The summed E-state index contributed by atoms with van der Waals surface area (Å²) in [6.07, 6.45) is -0.641. The van der Waals surface area contributed by atoms with E-state index in [0.717, 1.165) is 5.56 Å². The molecule has 0 aliphatic heterocycles. The molecule has 1 N–H and O–H groups in total. The van der Waals surface area contributed by atoms with Gasteiger partial charge in [-0.1, -0.05) is 18.2 Å². The maximum Gasteiger partial charge on any atom is 0.265 e. The molecule has 23 heavy (non-hydrogen) atoms. The summed E-state index contributed by atoms with van der Waals surface area (Å²) in [5.74, 6) is 0.359. The second kappa shape index (κ2) is 7.09. The molecule has 2 aromatic carbocycles. The maximum absolute atomic E-state index is 12.2. The number of hydrogen-bond acceptors (Lipinski definition) is 3. The molecule has 0 saturated heterocycles. The molecule has 0 saturated carbocycles. The third kappa shape index (κ3) is 4.42. The van der Waals surface area contributed by atoms with Crippen molar-refractivity contribution in [1.29, 1.82) is 0 Å². The Kier molecular flexibility index (Phi) is 5.16. The summed E-state index contributed by atoms with van der Waals surface area (Å²) in [6, 6.07) is 12.6. The molecule has 4 heteroatoms. The van der Waals surface area contributed by atoms with E-state index in [9.17, 15) is 9.59 Å². The number of carbonyl (C=O) groups is 2. The largest absolute Gasteiger partial charge is 0.481 e. The molecule has 0 heterocycles. The average molecular weight is 311 g/mol. The molecule has 4 nitrogen and oxygen atoms in total. The molecule has 0 fully saturated rings. The summed E-state index contributed by atoms with van der Waals surface area (Å²) in [7, 11) is 0. The zero-order valence-electron chi connectivity index (χ0n) is 13.8. The zero-order valence-corrected chi connectivity index (χ0v) is 13.8. The quantitative estimate of drug-likeness (QED) is 0.852. The second-order valence-corrected chi connectivity index (χ2v) is 5.63. The Balaban J connectivity index is 2.03. The van der Waals surface area contributed by atoms with Gasteiger partial charge in [0.05, 0.1) is 0 Å². The van der Waals surface area contributed by atoms with E-state index < -0.39 is 6.10 Å². The van der Waals surface area contributed by atoms with Crippen LogP contribution in [0.4, 0.5) is 5.69 Å². The first-order chi connectivity index (χ1) is 10.9. The first-order valence-corrected chi connectivity index (χ1v) is 7.52. The highest BCUT2D eigenvalue weighted by atomic mass is 16.5. The number of amides is 1. The summed E-state index contributed by atoms with van der Waals surface area (Å²) in [5.41, 5.74) is 3.43. The highest BCUT2D eigenvalue weighted by Gasteiger charge is 2.15. The van der Waals surface area contributed by atoms with Gasteiger partial charge in [0.1, 0.15) is 5.75 Å². The predicted molar refractivity (Wildman–Crippen MR) is 91.1 cm³/mol. The number of carbonyl (C=O) groups excluding carboxylic acids is 2. The van der Waals surface area contributed by atoms with Crippen molar-refractivity contribution in [3.8, 4) is 5.75 Å². The molecule has 0 bridgehead atoms. The molecular weight excluding hydrogens is 290 g/mol. The minimum Gasteiger partial charge on any atom is -0.481 e. The fraction of sp³-hybridized carbons (Fsp3) is 0.263. The van der Waals surface area contributed by atoms with Crippen LogP contribution >= 0.6 is 0 Å². The molecule has 0 aliphatic carbocycles. The van der Waals surface area contributed by atoms with E-state index in [1.807, 2.05) is 32.0 Å². The first-order valence-electron chi connectivity index (χ1n) is 7.52. The van der Waals surface area contributed by atoms with Gasteiger partial charge in [0.25, 0.3) is 5.91 Å². The maximum atomic E-state index is 12.2. The zero-order chi connectivity index (χ0) is 17.0. The van der Waals surface area contributed by atoms with Gasteiger partial charge in [-0.15, -0.1) is 0 Å². The smallest absolute Gasteiger partial charge is 0.265 e. The van der Waals surface area contributed by atoms with E-state index in [1.165, 1.54) is 12.5 Å². The van der Waals surface area contributed by atoms with Crippen LogP contribution in [0.2, 0.25) is 0 Å². The molecule has 2 rings (SSSR count). The minimum atomic E-state index is -0.641. The van der Waals surface area contributed by atoms with Crippen molar-refractivity contribution in [2.45, 2.75) is 33.8 Å². The number of ketones is 1. The lowest BCUT2D eigenvalue weighted by Crippen LogP contribution is -2.30. The van der Waals surface area contributed by atoms with Crippen LogP contribution in [0.1, 0.15) is 35.3 Å². The van der Waals surface area contributed by atoms with Crippen LogP contribution in [0.25, 0.3) is 0 Å². The predicted octanol–water partition coefficient (Wildman–Crippen LogP) is 3.91. The van der Waals surface area contributed by atoms with E-state index in [4.69, 9.17) is 4.74 Å². The Bertz CT molecular complexity index is 737. The topological polar surface area (TPSA) is 55.4 Å². The van der Waals surface area contributed by atoms with Crippen LogP contribution in [0.5, 0.6) is 5.75 Å². The third-order valence-electron chi connectivity index (χ3n) is 3.70. The van der Waals surface area contributed by atoms with Gasteiger partial charge in [0.2, 0.25) is 0 Å². The van der Waals surface area contributed by atoms with Gasteiger partial charge in [0, 0.05) is 11.3 Å². The Morgan fingerprint density at radius 3 is 2.43 bits per heavy atom. The number of Topliss-reactive ketones (excluding diaryl/α,β-unsaturated/α-hetero) is 1. The lowest BCUT2D eigenvalue weighted by Gasteiger charge is -2.16. The van der Waals surface area contributed by atoms with Crippen molar-refractivity contribution >= 4 is 17.4 Å². The Morgan fingerprint density at radius 1 is 1.04 bits per heavy atom. The fourth-order valence-electron chi connectivity index (χ4n) is 2.10. The first kappa shape index (κ1) is 16.7. The van der Waals surface area contributed by atoms with Gasteiger partial charge in [-0.3, -0.25) is 9.59 Å². The summed E-state index contributed by atoms with van der Waals surface area (Å²) >= 11 is 0. The van der Waals surface area contributed by atoms with Crippen molar-refractivity contribution in [2.24, 2.45) is 0 Å². The molecule has 1 amide bonds. The van der Waals surface area contributed by atoms with Gasteiger partial charge >= 0.3 is 0 Å². The lowest BCUT2D eigenvalue weighted by molar-refractivity contribution is -0.122. The number of hydrogen-bond donors (Lipinski definition) is 1. The number of benzene rings is 2. The van der Waals surface area contributed by atoms with Crippen LogP contribution in [0, 0.1) is 13.8 Å². The van der Waals surface area contributed by atoms with Gasteiger partial charge in [-0.25, -0.2) is 0 Å². The van der Waals surface area contributed by atoms with Gasteiger partial charge in [-0.05, 0) is 63.1 Å². The molecular formula is C19H21NO3. The van der Waals surface area contributed by atoms with Crippen molar-refractivity contribution in [2.75, 3.05) is 5.32 Å². The van der Waals surface area contributed by atoms with E-state index in [2.05, 4.69) is 5.32 Å². The molecule has 0 aliphatic rings. The highest BCUT2D eigenvalue weighted by molar-refractivity contribution is 5.98. The van der Waals surface area contributed by atoms with Crippen LogP contribution < -0.4 is 10.1 Å². The second-order valence-electron chi connectivity index (χ2n) is 5.63. The molecule has 120 valence electrons. The summed E-state index contributed by atoms with van der Waals surface area (Å²) in [6.45, 7) is 7.21.